The van der Waals surface area contributed by atoms with E-state index in [2.05, 4.69) is 5.10 Å². The minimum absolute atomic E-state index is 0.113. The molecule has 1 heterocycles. The molecule has 2 aliphatic carbocycles. The summed E-state index contributed by atoms with van der Waals surface area (Å²) in [6.45, 7) is 3.01. The number of amides is 1. The van der Waals surface area contributed by atoms with Crippen molar-refractivity contribution >= 4 is 11.9 Å². The lowest BCUT2D eigenvalue weighted by Crippen LogP contribution is -2.43. The molecule has 1 aromatic heterocycles. The Kier molecular flexibility index (Phi) is 5.76. The molecule has 2 aliphatic rings. The third kappa shape index (κ3) is 3.72. The molecule has 1 saturated carbocycles. The van der Waals surface area contributed by atoms with Gasteiger partial charge in [0.05, 0.1) is 7.11 Å². The van der Waals surface area contributed by atoms with Gasteiger partial charge < -0.3 is 9.64 Å². The summed E-state index contributed by atoms with van der Waals surface area (Å²) in [5, 5.41) is 4.46. The molecule has 0 N–H and O–H groups in total. The summed E-state index contributed by atoms with van der Waals surface area (Å²) in [5.41, 5.74) is 2.41. The summed E-state index contributed by atoms with van der Waals surface area (Å²) in [6, 6.07) is 0.359. The van der Waals surface area contributed by atoms with Crippen LogP contribution in [0, 0.1) is 0 Å². The van der Waals surface area contributed by atoms with Crippen LogP contribution < -0.4 is 0 Å². The van der Waals surface area contributed by atoms with E-state index in [-0.39, 0.29) is 12.5 Å². The highest BCUT2D eigenvalue weighted by Crippen LogP contribution is 2.26. The zero-order chi connectivity index (χ0) is 17.8. The molecule has 0 radical (unpaired) electrons. The Morgan fingerprint density at radius 1 is 1.16 bits per heavy atom. The molecule has 1 aromatic rings. The van der Waals surface area contributed by atoms with Crippen molar-refractivity contribution in [1.29, 1.82) is 0 Å². The van der Waals surface area contributed by atoms with E-state index in [9.17, 15) is 9.59 Å². The van der Waals surface area contributed by atoms with Crippen LogP contribution in [0.4, 0.5) is 0 Å². The highest BCUT2D eigenvalue weighted by atomic mass is 16.5. The summed E-state index contributed by atoms with van der Waals surface area (Å²) in [6.07, 6.45) is 9.74. The number of fused-ring (bicyclic) bond motifs is 1. The molecule has 0 atom stereocenters. The largest absolute Gasteiger partial charge is 0.464 e. The number of carbonyl (C=O) groups excluding carboxylic acids is 2. The van der Waals surface area contributed by atoms with Gasteiger partial charge in [-0.2, -0.15) is 5.10 Å². The molecule has 0 spiro atoms. The molecular formula is C19H29N3O3. The molecule has 0 aromatic carbocycles. The second-order valence-corrected chi connectivity index (χ2v) is 7.10. The van der Waals surface area contributed by atoms with Crippen LogP contribution in [-0.2, 0) is 28.9 Å². The van der Waals surface area contributed by atoms with Crippen LogP contribution in [0.1, 0.15) is 73.6 Å². The third-order valence-corrected chi connectivity index (χ3v) is 5.60. The number of carbonyl (C=O) groups is 2. The van der Waals surface area contributed by atoms with E-state index in [1.54, 1.807) is 4.68 Å². The number of hydrogen-bond acceptors (Lipinski definition) is 4. The van der Waals surface area contributed by atoms with Crippen LogP contribution in [0.3, 0.4) is 0 Å². The van der Waals surface area contributed by atoms with Crippen molar-refractivity contribution in [2.45, 2.75) is 77.3 Å². The van der Waals surface area contributed by atoms with Crippen molar-refractivity contribution in [3.8, 4) is 0 Å². The van der Waals surface area contributed by atoms with Crippen LogP contribution in [0.25, 0.3) is 0 Å². The van der Waals surface area contributed by atoms with Gasteiger partial charge in [0.15, 0.2) is 5.69 Å². The molecule has 0 unspecified atom stereocenters. The third-order valence-electron chi connectivity index (χ3n) is 5.60. The SMILES string of the molecule is CCN(C(=O)Cn1nc(C(=O)OC)c2c1CCCC2)C1CCCCC1. The molecule has 1 fully saturated rings. The molecule has 0 aliphatic heterocycles. The highest BCUT2D eigenvalue weighted by Gasteiger charge is 2.29. The summed E-state index contributed by atoms with van der Waals surface area (Å²) in [7, 11) is 1.38. The summed E-state index contributed by atoms with van der Waals surface area (Å²) in [5.74, 6) is -0.286. The maximum Gasteiger partial charge on any atom is 0.358 e. The quantitative estimate of drug-likeness (QED) is 0.768. The van der Waals surface area contributed by atoms with Gasteiger partial charge in [-0.15, -0.1) is 0 Å². The minimum atomic E-state index is -0.399. The molecule has 138 valence electrons. The monoisotopic (exact) mass is 347 g/mol. The van der Waals surface area contributed by atoms with Gasteiger partial charge in [-0.1, -0.05) is 19.3 Å². The van der Waals surface area contributed by atoms with Gasteiger partial charge in [-0.25, -0.2) is 4.79 Å². The Morgan fingerprint density at radius 2 is 1.88 bits per heavy atom. The van der Waals surface area contributed by atoms with Gasteiger partial charge in [-0.05, 0) is 45.4 Å². The predicted molar refractivity (Wildman–Crippen MR) is 94.5 cm³/mol. The Hall–Kier alpha value is -1.85. The molecule has 0 bridgehead atoms. The van der Waals surface area contributed by atoms with Crippen molar-refractivity contribution in [3.63, 3.8) is 0 Å². The normalized spacial score (nSPS) is 17.8. The van der Waals surface area contributed by atoms with Crippen LogP contribution in [-0.4, -0.2) is 46.3 Å². The topological polar surface area (TPSA) is 64.4 Å². The van der Waals surface area contributed by atoms with E-state index in [0.717, 1.165) is 56.3 Å². The molecule has 1 amide bonds. The van der Waals surface area contributed by atoms with Crippen LogP contribution in [0.2, 0.25) is 0 Å². The number of rotatable bonds is 5. The molecular weight excluding hydrogens is 318 g/mol. The average molecular weight is 347 g/mol. The van der Waals surface area contributed by atoms with E-state index in [1.165, 1.54) is 26.4 Å². The molecule has 25 heavy (non-hydrogen) atoms. The number of nitrogens with zero attached hydrogens (tertiary/aromatic N) is 3. The van der Waals surface area contributed by atoms with Gasteiger partial charge in [0.2, 0.25) is 5.91 Å². The van der Waals surface area contributed by atoms with Crippen molar-refractivity contribution < 1.29 is 14.3 Å². The summed E-state index contributed by atoms with van der Waals surface area (Å²) < 4.78 is 6.63. The zero-order valence-corrected chi connectivity index (χ0v) is 15.4. The van der Waals surface area contributed by atoms with Crippen molar-refractivity contribution in [3.05, 3.63) is 17.0 Å². The van der Waals surface area contributed by atoms with Gasteiger partial charge in [0.25, 0.3) is 0 Å². The van der Waals surface area contributed by atoms with E-state index in [4.69, 9.17) is 4.74 Å². The number of aromatic nitrogens is 2. The Balaban J connectivity index is 1.80. The lowest BCUT2D eigenvalue weighted by Gasteiger charge is -2.33. The van der Waals surface area contributed by atoms with E-state index < -0.39 is 5.97 Å². The first-order chi connectivity index (χ1) is 12.2. The first kappa shape index (κ1) is 18.0. The predicted octanol–water partition coefficient (Wildman–Crippen LogP) is 2.73. The molecule has 0 saturated heterocycles. The molecule has 6 heteroatoms. The van der Waals surface area contributed by atoms with Crippen molar-refractivity contribution in [1.82, 2.24) is 14.7 Å². The maximum atomic E-state index is 12.9. The fourth-order valence-corrected chi connectivity index (χ4v) is 4.31. The fourth-order valence-electron chi connectivity index (χ4n) is 4.31. The van der Waals surface area contributed by atoms with E-state index in [0.29, 0.717) is 11.7 Å². The van der Waals surface area contributed by atoms with E-state index in [1.807, 2.05) is 11.8 Å². The van der Waals surface area contributed by atoms with Gasteiger partial charge >= 0.3 is 5.97 Å². The van der Waals surface area contributed by atoms with Gasteiger partial charge in [0, 0.05) is 23.8 Å². The van der Waals surface area contributed by atoms with Crippen LogP contribution >= 0.6 is 0 Å². The number of esters is 1. The smallest absolute Gasteiger partial charge is 0.358 e. The number of likely N-dealkylation sites (N-methyl/N-ethyl adjacent to an activating group) is 1. The second-order valence-electron chi connectivity index (χ2n) is 7.10. The summed E-state index contributed by atoms with van der Waals surface area (Å²) in [4.78, 5) is 27.0. The number of methoxy groups -OCH3 is 1. The van der Waals surface area contributed by atoms with Crippen LogP contribution in [0.15, 0.2) is 0 Å². The average Bonchev–Trinajstić information content (AvgIpc) is 3.01. The fraction of sp³-hybridized carbons (Fsp3) is 0.737. The lowest BCUT2D eigenvalue weighted by molar-refractivity contribution is -0.134. The van der Waals surface area contributed by atoms with Gasteiger partial charge in [0.1, 0.15) is 6.54 Å². The maximum absolute atomic E-state index is 12.9. The van der Waals surface area contributed by atoms with E-state index >= 15 is 0 Å². The first-order valence-electron chi connectivity index (χ1n) is 9.62. The number of ether oxygens (including phenoxy) is 1. The first-order valence-corrected chi connectivity index (χ1v) is 9.62. The Bertz CT molecular complexity index is 632. The number of hydrogen-bond donors (Lipinski definition) is 0. The second kappa shape index (κ2) is 8.02. The van der Waals surface area contributed by atoms with Crippen molar-refractivity contribution in [2.24, 2.45) is 0 Å². The lowest BCUT2D eigenvalue weighted by atomic mass is 9.94. The summed E-state index contributed by atoms with van der Waals surface area (Å²) >= 11 is 0. The highest BCUT2D eigenvalue weighted by molar-refractivity contribution is 5.89. The Labute approximate surface area is 149 Å². The Morgan fingerprint density at radius 3 is 2.56 bits per heavy atom. The standard InChI is InChI=1S/C19H29N3O3/c1-3-21(14-9-5-4-6-10-14)17(23)13-22-16-12-8-7-11-15(16)18(20-22)19(24)25-2/h14H,3-13H2,1-2H3. The zero-order valence-electron chi connectivity index (χ0n) is 15.4. The van der Waals surface area contributed by atoms with Crippen molar-refractivity contribution in [2.75, 3.05) is 13.7 Å². The molecule has 6 nitrogen and oxygen atoms in total. The minimum Gasteiger partial charge on any atom is -0.464 e. The van der Waals surface area contributed by atoms with Gasteiger partial charge in [-0.3, -0.25) is 9.48 Å². The van der Waals surface area contributed by atoms with Crippen LogP contribution in [0.5, 0.6) is 0 Å². The molecule has 3 rings (SSSR count).